The third-order valence-corrected chi connectivity index (χ3v) is 4.17. The first kappa shape index (κ1) is 17.6. The van der Waals surface area contributed by atoms with Crippen LogP contribution in [-0.4, -0.2) is 14.8 Å². The topological polar surface area (TPSA) is 103 Å². The van der Waals surface area contributed by atoms with Crippen LogP contribution in [0.3, 0.4) is 0 Å². The van der Waals surface area contributed by atoms with Gasteiger partial charge in [-0.1, -0.05) is 30.1 Å². The van der Waals surface area contributed by atoms with Gasteiger partial charge in [0.1, 0.15) is 10.8 Å². The summed E-state index contributed by atoms with van der Waals surface area (Å²) in [4.78, 5) is 23.5. The van der Waals surface area contributed by atoms with Crippen LogP contribution in [0, 0.1) is 10.1 Å². The summed E-state index contributed by atoms with van der Waals surface area (Å²) in [5.74, 6) is 0.209. The van der Waals surface area contributed by atoms with Gasteiger partial charge in [0, 0.05) is 23.9 Å². The van der Waals surface area contributed by atoms with Gasteiger partial charge >= 0.3 is 19.0 Å². The fraction of sp³-hybridized carbons (Fsp3) is 0.154. The zero-order chi connectivity index (χ0) is 17.1. The number of pyridine rings is 1. The van der Waals surface area contributed by atoms with Crippen LogP contribution in [0.5, 0.6) is 11.6 Å². The van der Waals surface area contributed by atoms with E-state index >= 15 is 0 Å². The molecule has 2 rings (SSSR count). The van der Waals surface area contributed by atoms with Crippen molar-refractivity contribution in [2.45, 2.75) is 13.3 Å². The number of aryl methyl sites for hydroxylation is 1. The van der Waals surface area contributed by atoms with Gasteiger partial charge in [-0.2, -0.15) is 4.89 Å². The second-order valence-electron chi connectivity index (χ2n) is 4.37. The Morgan fingerprint density at radius 1 is 1.39 bits per heavy atom. The second kappa shape index (κ2) is 7.19. The highest BCUT2D eigenvalue weighted by Gasteiger charge is 2.32. The number of hydrogen-bond donors (Lipinski definition) is 1. The van der Waals surface area contributed by atoms with Crippen molar-refractivity contribution in [2.24, 2.45) is 0 Å². The average Bonchev–Trinajstić information content (AvgIpc) is 2.49. The van der Waals surface area contributed by atoms with Crippen LogP contribution in [-0.2, 0) is 11.0 Å². The molecule has 0 aliphatic carbocycles. The zero-order valence-electron chi connectivity index (χ0n) is 11.7. The van der Waals surface area contributed by atoms with Gasteiger partial charge in [0.05, 0.1) is 9.95 Å². The fourth-order valence-corrected chi connectivity index (χ4v) is 2.84. The van der Waals surface area contributed by atoms with Crippen LogP contribution in [0.1, 0.15) is 12.5 Å². The fourth-order valence-electron chi connectivity index (χ4n) is 1.85. The number of nitrogens with zero attached hydrogens (tertiary/aromatic N) is 2. The number of nitro groups is 1. The largest absolute Gasteiger partial charge is 0.553 e. The maximum absolute atomic E-state index is 11.4. The summed E-state index contributed by atoms with van der Waals surface area (Å²) < 4.78 is 16.9. The van der Waals surface area contributed by atoms with Crippen molar-refractivity contribution in [2.75, 3.05) is 0 Å². The molecular formula is C13H10Cl2N2O5P+. The molecule has 0 saturated carbocycles. The maximum atomic E-state index is 11.4. The Bertz CT molecular complexity index is 800. The minimum Gasteiger partial charge on any atom is -0.437 e. The molecule has 1 N–H and O–H groups in total. The van der Waals surface area contributed by atoms with Crippen LogP contribution in [0.2, 0.25) is 10.0 Å². The number of benzene rings is 1. The van der Waals surface area contributed by atoms with E-state index in [0.717, 1.165) is 6.07 Å². The smallest absolute Gasteiger partial charge is 0.437 e. The lowest BCUT2D eigenvalue weighted by atomic mass is 10.1. The summed E-state index contributed by atoms with van der Waals surface area (Å²) in [6.07, 6.45) is 1.73. The van der Waals surface area contributed by atoms with E-state index in [1.165, 1.54) is 18.3 Å². The highest BCUT2D eigenvalue weighted by molar-refractivity contribution is 7.47. The lowest BCUT2D eigenvalue weighted by Crippen LogP contribution is -2.08. The van der Waals surface area contributed by atoms with Gasteiger partial charge < -0.3 is 4.74 Å². The molecule has 0 fully saturated rings. The predicted molar refractivity (Wildman–Crippen MR) is 86.3 cm³/mol. The lowest BCUT2D eigenvalue weighted by molar-refractivity contribution is -0.383. The molecule has 0 aliphatic heterocycles. The Kier molecular flexibility index (Phi) is 5.49. The van der Waals surface area contributed by atoms with Crippen LogP contribution in [0.4, 0.5) is 5.69 Å². The van der Waals surface area contributed by atoms with E-state index in [1.54, 1.807) is 6.92 Å². The van der Waals surface area contributed by atoms with E-state index in [0.29, 0.717) is 17.0 Å². The number of ether oxygens (including phenoxy) is 1. The first-order chi connectivity index (χ1) is 10.8. The first-order valence-electron chi connectivity index (χ1n) is 6.29. The quantitative estimate of drug-likeness (QED) is 0.481. The van der Waals surface area contributed by atoms with E-state index in [-0.39, 0.29) is 22.0 Å². The molecule has 7 nitrogen and oxygen atoms in total. The Labute approximate surface area is 141 Å². The normalized spacial score (nSPS) is 11.2. The van der Waals surface area contributed by atoms with Gasteiger partial charge in [0.15, 0.2) is 0 Å². The number of halogens is 2. The summed E-state index contributed by atoms with van der Waals surface area (Å²) in [6.45, 7) is 1.77. The van der Waals surface area contributed by atoms with Crippen molar-refractivity contribution in [3.05, 3.63) is 50.1 Å². The van der Waals surface area contributed by atoms with Gasteiger partial charge in [-0.05, 0) is 17.1 Å². The molecule has 23 heavy (non-hydrogen) atoms. The number of aromatic nitrogens is 1. The Balaban J connectivity index is 2.55. The van der Waals surface area contributed by atoms with Gasteiger partial charge in [-0.15, -0.1) is 0 Å². The van der Waals surface area contributed by atoms with E-state index in [9.17, 15) is 19.6 Å². The molecule has 0 bridgehead atoms. The molecule has 0 aliphatic rings. The highest BCUT2D eigenvalue weighted by Crippen LogP contribution is 2.34. The highest BCUT2D eigenvalue weighted by atomic mass is 35.5. The van der Waals surface area contributed by atoms with Crippen LogP contribution >= 0.6 is 31.2 Å². The van der Waals surface area contributed by atoms with Crippen LogP contribution in [0.25, 0.3) is 0 Å². The molecule has 1 aromatic carbocycles. The number of nitro benzene ring substituents is 1. The van der Waals surface area contributed by atoms with Crippen molar-refractivity contribution < 1.29 is 19.1 Å². The molecule has 1 atom stereocenters. The molecule has 10 heteroatoms. The Morgan fingerprint density at radius 2 is 2.09 bits per heavy atom. The maximum Gasteiger partial charge on any atom is 0.553 e. The van der Waals surface area contributed by atoms with E-state index in [2.05, 4.69) is 4.98 Å². The van der Waals surface area contributed by atoms with E-state index < -0.39 is 18.6 Å². The van der Waals surface area contributed by atoms with Gasteiger partial charge in [-0.3, -0.25) is 10.1 Å². The van der Waals surface area contributed by atoms with Crippen LogP contribution < -0.4 is 10.0 Å². The minimum absolute atomic E-state index is 0.0405. The van der Waals surface area contributed by atoms with E-state index in [1.807, 2.05) is 0 Å². The van der Waals surface area contributed by atoms with Gasteiger partial charge in [0.25, 0.3) is 0 Å². The standard InChI is InChI=1S/C13H9Cl2N2O5P/c1-2-7-3-10(17(18)19)12(23(20)21)5-11(7)22-13-9(15)4-8(14)6-16-13/h3-6H,2H2,1H3/p+1. The van der Waals surface area contributed by atoms with Crippen molar-refractivity contribution in [3.63, 3.8) is 0 Å². The molecule has 0 saturated heterocycles. The number of rotatable bonds is 5. The summed E-state index contributed by atoms with van der Waals surface area (Å²) in [5.41, 5.74) is 0.0399. The third kappa shape index (κ3) is 3.95. The molecule has 120 valence electrons. The van der Waals surface area contributed by atoms with Crippen molar-refractivity contribution in [1.29, 1.82) is 0 Å². The van der Waals surface area contributed by atoms with Crippen molar-refractivity contribution >= 4 is 42.2 Å². The Hall–Kier alpha value is -1.79. The molecule has 0 amide bonds. The molecule has 1 aromatic heterocycles. The summed E-state index contributed by atoms with van der Waals surface area (Å²) in [5, 5.41) is 11.2. The lowest BCUT2D eigenvalue weighted by Gasteiger charge is -2.10. The molecule has 0 spiro atoms. The zero-order valence-corrected chi connectivity index (χ0v) is 14.1. The predicted octanol–water partition coefficient (Wildman–Crippen LogP) is 4.01. The first-order valence-corrected chi connectivity index (χ1v) is 8.26. The Morgan fingerprint density at radius 3 is 2.61 bits per heavy atom. The summed E-state index contributed by atoms with van der Waals surface area (Å²) in [7, 11) is -2.92. The minimum atomic E-state index is -2.92. The van der Waals surface area contributed by atoms with Gasteiger partial charge in [0.2, 0.25) is 5.88 Å². The molecular weight excluding hydrogens is 366 g/mol. The van der Waals surface area contributed by atoms with Crippen LogP contribution in [0.15, 0.2) is 24.4 Å². The summed E-state index contributed by atoms with van der Waals surface area (Å²) in [6, 6.07) is 3.79. The molecule has 2 aromatic rings. The molecule has 0 radical (unpaired) electrons. The van der Waals surface area contributed by atoms with Crippen molar-refractivity contribution in [1.82, 2.24) is 4.98 Å². The van der Waals surface area contributed by atoms with E-state index in [4.69, 9.17) is 27.9 Å². The third-order valence-electron chi connectivity index (χ3n) is 2.92. The summed E-state index contributed by atoms with van der Waals surface area (Å²) >= 11 is 11.7. The average molecular weight is 376 g/mol. The second-order valence-corrected chi connectivity index (χ2v) is 6.25. The molecule has 1 heterocycles. The molecule has 1 unspecified atom stereocenters. The van der Waals surface area contributed by atoms with Gasteiger partial charge in [-0.25, -0.2) is 4.98 Å². The number of hydrogen-bond acceptors (Lipinski definition) is 5. The van der Waals surface area contributed by atoms with Crippen molar-refractivity contribution in [3.8, 4) is 11.6 Å². The monoisotopic (exact) mass is 375 g/mol. The SMILES string of the molecule is CCc1cc([N+](=O)[O-])c([P+](=O)O)cc1Oc1ncc(Cl)cc1Cl.